The van der Waals surface area contributed by atoms with E-state index in [1.54, 1.807) is 26.2 Å². The molecule has 19 heavy (non-hydrogen) atoms. The maximum atomic E-state index is 11.8. The van der Waals surface area contributed by atoms with Gasteiger partial charge in [-0.1, -0.05) is 30.3 Å². The van der Waals surface area contributed by atoms with Crippen molar-refractivity contribution in [3.05, 3.63) is 48.4 Å². The summed E-state index contributed by atoms with van der Waals surface area (Å²) < 4.78 is 5.04. The van der Waals surface area contributed by atoms with Crippen molar-refractivity contribution < 1.29 is 9.53 Å². The predicted molar refractivity (Wildman–Crippen MR) is 72.5 cm³/mol. The molecule has 0 bridgehead atoms. The van der Waals surface area contributed by atoms with Crippen molar-refractivity contribution in [2.24, 2.45) is 0 Å². The van der Waals surface area contributed by atoms with Crippen LogP contribution in [-0.4, -0.2) is 22.5 Å². The molecular weight excluding hydrogens is 240 g/mol. The van der Waals surface area contributed by atoms with Gasteiger partial charge in [-0.25, -0.2) is 0 Å². The third-order valence-corrected chi connectivity index (χ3v) is 2.82. The largest absolute Gasteiger partial charge is 0.465 e. The Hall–Kier alpha value is -2.23. The molecule has 0 saturated heterocycles. The fourth-order valence-corrected chi connectivity index (χ4v) is 1.86. The molecule has 4 nitrogen and oxygen atoms in total. The first-order valence-electron chi connectivity index (χ1n) is 6.27. The molecule has 0 aliphatic carbocycles. The second-order valence-electron chi connectivity index (χ2n) is 4.13. The van der Waals surface area contributed by atoms with Crippen LogP contribution in [0.4, 0.5) is 0 Å². The van der Waals surface area contributed by atoms with Gasteiger partial charge < -0.3 is 4.74 Å². The first kappa shape index (κ1) is 13.2. The van der Waals surface area contributed by atoms with Gasteiger partial charge in [0.05, 0.1) is 23.9 Å². The third kappa shape index (κ3) is 2.96. The van der Waals surface area contributed by atoms with Crippen molar-refractivity contribution in [2.75, 3.05) is 6.61 Å². The van der Waals surface area contributed by atoms with E-state index in [1.165, 1.54) is 0 Å². The van der Waals surface area contributed by atoms with Gasteiger partial charge in [-0.05, 0) is 13.8 Å². The highest BCUT2D eigenvalue weighted by atomic mass is 16.5. The van der Waals surface area contributed by atoms with Crippen molar-refractivity contribution >= 4 is 5.97 Å². The van der Waals surface area contributed by atoms with E-state index in [-0.39, 0.29) is 5.97 Å². The molecule has 0 fully saturated rings. The summed E-state index contributed by atoms with van der Waals surface area (Å²) in [6.07, 6.45) is 3.22. The van der Waals surface area contributed by atoms with Crippen LogP contribution in [0.25, 0.3) is 11.3 Å². The first-order chi connectivity index (χ1) is 9.24. The fraction of sp³-hybridized carbons (Fsp3) is 0.267. The number of ether oxygens (including phenoxy) is 1. The van der Waals surface area contributed by atoms with Crippen molar-refractivity contribution in [1.29, 1.82) is 0 Å². The Morgan fingerprint density at radius 1 is 1.21 bits per heavy atom. The van der Waals surface area contributed by atoms with E-state index in [9.17, 15) is 4.79 Å². The lowest BCUT2D eigenvalue weighted by atomic mass is 10.0. The molecule has 0 N–H and O–H groups in total. The Labute approximate surface area is 112 Å². The fourth-order valence-electron chi connectivity index (χ4n) is 1.86. The topological polar surface area (TPSA) is 52.1 Å². The molecular formula is C15H16N2O2. The van der Waals surface area contributed by atoms with Gasteiger partial charge in [-0.3, -0.25) is 14.8 Å². The van der Waals surface area contributed by atoms with Crippen molar-refractivity contribution in [1.82, 2.24) is 9.97 Å². The molecule has 1 heterocycles. The molecule has 0 aliphatic heterocycles. The minimum atomic E-state index is -0.427. The molecule has 98 valence electrons. The van der Waals surface area contributed by atoms with Crippen LogP contribution in [0.15, 0.2) is 42.7 Å². The SMILES string of the molecule is CCOC(=O)C(C)c1nccnc1-c1ccccc1. The summed E-state index contributed by atoms with van der Waals surface area (Å²) >= 11 is 0. The molecule has 0 saturated carbocycles. The van der Waals surface area contributed by atoms with E-state index in [4.69, 9.17) is 4.74 Å². The Kier molecular flexibility index (Phi) is 4.23. The maximum Gasteiger partial charge on any atom is 0.314 e. The van der Waals surface area contributed by atoms with Crippen molar-refractivity contribution in [2.45, 2.75) is 19.8 Å². The lowest BCUT2D eigenvalue weighted by Crippen LogP contribution is -2.15. The summed E-state index contributed by atoms with van der Waals surface area (Å²) in [5.41, 5.74) is 2.32. The summed E-state index contributed by atoms with van der Waals surface area (Å²) in [6.45, 7) is 3.94. The summed E-state index contributed by atoms with van der Waals surface area (Å²) in [7, 11) is 0. The standard InChI is InChI=1S/C15H16N2O2/c1-3-19-15(18)11(2)13-14(17-10-9-16-13)12-7-5-4-6-8-12/h4-11H,3H2,1-2H3. The average Bonchev–Trinajstić information content (AvgIpc) is 2.47. The third-order valence-electron chi connectivity index (χ3n) is 2.82. The molecule has 1 aromatic heterocycles. The molecule has 0 aliphatic rings. The predicted octanol–water partition coefficient (Wildman–Crippen LogP) is 2.81. The van der Waals surface area contributed by atoms with Gasteiger partial charge in [-0.2, -0.15) is 0 Å². The molecule has 4 heteroatoms. The molecule has 0 radical (unpaired) electrons. The second-order valence-corrected chi connectivity index (χ2v) is 4.13. The highest BCUT2D eigenvalue weighted by Crippen LogP contribution is 2.25. The Morgan fingerprint density at radius 2 is 1.89 bits per heavy atom. The Balaban J connectivity index is 2.39. The number of benzene rings is 1. The number of carbonyl (C=O) groups excluding carboxylic acids is 1. The van der Waals surface area contributed by atoms with Crippen LogP contribution in [0.5, 0.6) is 0 Å². The van der Waals surface area contributed by atoms with Gasteiger partial charge in [0.15, 0.2) is 0 Å². The molecule has 2 aromatic rings. The molecule has 1 aromatic carbocycles. The second kappa shape index (κ2) is 6.09. The monoisotopic (exact) mass is 256 g/mol. The number of hydrogen-bond donors (Lipinski definition) is 0. The van der Waals surface area contributed by atoms with Crippen molar-refractivity contribution in [3.8, 4) is 11.3 Å². The van der Waals surface area contributed by atoms with Crippen LogP contribution in [-0.2, 0) is 9.53 Å². The van der Waals surface area contributed by atoms with Gasteiger partial charge in [0.25, 0.3) is 0 Å². The number of rotatable bonds is 4. The summed E-state index contributed by atoms with van der Waals surface area (Å²) in [4.78, 5) is 20.5. The van der Waals surface area contributed by atoms with Crippen molar-refractivity contribution in [3.63, 3.8) is 0 Å². The average molecular weight is 256 g/mol. The summed E-state index contributed by atoms with van der Waals surface area (Å²) in [6, 6.07) is 9.71. The summed E-state index contributed by atoms with van der Waals surface area (Å²) in [5.74, 6) is -0.705. The van der Waals surface area contributed by atoms with Gasteiger partial charge >= 0.3 is 5.97 Å². The van der Waals surface area contributed by atoms with E-state index in [2.05, 4.69) is 9.97 Å². The lowest BCUT2D eigenvalue weighted by molar-refractivity contribution is -0.144. The Bertz CT molecular complexity index is 555. The van der Waals surface area contributed by atoms with Crippen LogP contribution in [0, 0.1) is 0 Å². The number of esters is 1. The number of nitrogens with zero attached hydrogens (tertiary/aromatic N) is 2. The van der Waals surface area contributed by atoms with Crippen LogP contribution in [0.1, 0.15) is 25.5 Å². The molecule has 0 amide bonds. The Morgan fingerprint density at radius 3 is 2.58 bits per heavy atom. The van der Waals surface area contributed by atoms with Crippen LogP contribution < -0.4 is 0 Å². The molecule has 0 spiro atoms. The van der Waals surface area contributed by atoms with Crippen LogP contribution in [0.3, 0.4) is 0 Å². The zero-order valence-electron chi connectivity index (χ0n) is 11.0. The minimum Gasteiger partial charge on any atom is -0.465 e. The molecule has 2 rings (SSSR count). The van der Waals surface area contributed by atoms with E-state index < -0.39 is 5.92 Å². The van der Waals surface area contributed by atoms with Gasteiger partial charge in [0.1, 0.15) is 0 Å². The summed E-state index contributed by atoms with van der Waals surface area (Å²) in [5, 5.41) is 0. The van der Waals surface area contributed by atoms with Gasteiger partial charge in [-0.15, -0.1) is 0 Å². The van der Waals surface area contributed by atoms with Crippen LogP contribution >= 0.6 is 0 Å². The molecule has 1 unspecified atom stereocenters. The maximum absolute atomic E-state index is 11.8. The number of aromatic nitrogens is 2. The van der Waals surface area contributed by atoms with E-state index in [0.29, 0.717) is 12.3 Å². The van der Waals surface area contributed by atoms with Gasteiger partial charge in [0.2, 0.25) is 0 Å². The minimum absolute atomic E-state index is 0.278. The number of hydrogen-bond acceptors (Lipinski definition) is 4. The highest BCUT2D eigenvalue weighted by molar-refractivity contribution is 5.80. The normalized spacial score (nSPS) is 11.9. The van der Waals surface area contributed by atoms with Gasteiger partial charge in [0, 0.05) is 18.0 Å². The van der Waals surface area contributed by atoms with E-state index >= 15 is 0 Å². The van der Waals surface area contributed by atoms with E-state index in [0.717, 1.165) is 11.3 Å². The highest BCUT2D eigenvalue weighted by Gasteiger charge is 2.22. The molecule has 1 atom stereocenters. The van der Waals surface area contributed by atoms with Crippen LogP contribution in [0.2, 0.25) is 0 Å². The first-order valence-corrected chi connectivity index (χ1v) is 6.27. The number of carbonyl (C=O) groups is 1. The lowest BCUT2D eigenvalue weighted by Gasteiger charge is -2.13. The smallest absolute Gasteiger partial charge is 0.314 e. The quantitative estimate of drug-likeness (QED) is 0.789. The zero-order valence-corrected chi connectivity index (χ0v) is 11.0. The van der Waals surface area contributed by atoms with E-state index in [1.807, 2.05) is 30.3 Å². The zero-order chi connectivity index (χ0) is 13.7.